The molecule has 1 atom stereocenters. The number of halogens is 4. The molecule has 1 aromatic heterocycles. The minimum atomic E-state index is -4.46. The monoisotopic (exact) mass is 335 g/mol. The molecule has 1 saturated heterocycles. The smallest absolute Gasteiger partial charge is 0.296 e. The van der Waals surface area contributed by atoms with Crippen molar-refractivity contribution in [2.24, 2.45) is 13.0 Å². The van der Waals surface area contributed by atoms with Gasteiger partial charge in [0.2, 0.25) is 0 Å². The van der Waals surface area contributed by atoms with Gasteiger partial charge in [-0.3, -0.25) is 9.58 Å². The van der Waals surface area contributed by atoms with E-state index < -0.39 is 11.9 Å². The zero-order valence-electron chi connectivity index (χ0n) is 12.7. The molecule has 22 heavy (non-hydrogen) atoms. The number of hydrogen-bond acceptors (Lipinski definition) is 2. The minimum absolute atomic E-state index is 0.101. The van der Waals surface area contributed by atoms with Crippen LogP contribution in [0.15, 0.2) is 0 Å². The Hall–Kier alpha value is -0.750. The van der Waals surface area contributed by atoms with Crippen molar-refractivity contribution in [2.75, 3.05) is 6.54 Å². The second-order valence-corrected chi connectivity index (χ2v) is 6.82. The van der Waals surface area contributed by atoms with Gasteiger partial charge in [-0.25, -0.2) is 0 Å². The standard InChI is InChI=1S/C15H21ClF3N3/c1-21-14(16)11(13(20-21)15(17,18)19)9-22-8-4-7-12(22)10-5-2-3-6-10/h10,12H,2-9H2,1H3. The maximum absolute atomic E-state index is 13.2. The number of aromatic nitrogens is 2. The number of likely N-dealkylation sites (tertiary alicyclic amines) is 1. The molecule has 1 saturated carbocycles. The average molecular weight is 336 g/mol. The number of alkyl halides is 3. The first-order chi connectivity index (χ1) is 10.4. The summed E-state index contributed by atoms with van der Waals surface area (Å²) in [7, 11) is 1.46. The second kappa shape index (κ2) is 6.04. The van der Waals surface area contributed by atoms with Crippen LogP contribution in [0.2, 0.25) is 5.15 Å². The molecule has 0 aromatic carbocycles. The maximum Gasteiger partial charge on any atom is 0.435 e. The van der Waals surface area contributed by atoms with Crippen LogP contribution in [0.25, 0.3) is 0 Å². The van der Waals surface area contributed by atoms with Gasteiger partial charge in [-0.2, -0.15) is 18.3 Å². The lowest BCUT2D eigenvalue weighted by Crippen LogP contribution is -2.34. The van der Waals surface area contributed by atoms with E-state index in [-0.39, 0.29) is 17.3 Å². The highest BCUT2D eigenvalue weighted by Gasteiger charge is 2.41. The molecule has 3 rings (SSSR count). The fraction of sp³-hybridized carbons (Fsp3) is 0.800. The van der Waals surface area contributed by atoms with Crippen molar-refractivity contribution in [3.63, 3.8) is 0 Å². The Balaban J connectivity index is 1.83. The quantitative estimate of drug-likeness (QED) is 0.823. The molecular weight excluding hydrogens is 315 g/mol. The van der Waals surface area contributed by atoms with Gasteiger partial charge in [0.15, 0.2) is 5.69 Å². The summed E-state index contributed by atoms with van der Waals surface area (Å²) in [6.45, 7) is 1.10. The molecule has 2 aliphatic rings. The molecule has 124 valence electrons. The molecule has 2 heterocycles. The van der Waals surface area contributed by atoms with Gasteiger partial charge >= 0.3 is 6.18 Å². The predicted molar refractivity (Wildman–Crippen MR) is 78.6 cm³/mol. The van der Waals surface area contributed by atoms with Gasteiger partial charge in [0.05, 0.1) is 0 Å². The predicted octanol–water partition coefficient (Wildman–Crippen LogP) is 4.25. The van der Waals surface area contributed by atoms with Gasteiger partial charge in [0.1, 0.15) is 5.15 Å². The Labute approximate surface area is 133 Å². The van der Waals surface area contributed by atoms with Crippen LogP contribution in [-0.4, -0.2) is 27.3 Å². The van der Waals surface area contributed by atoms with E-state index >= 15 is 0 Å². The van der Waals surface area contributed by atoms with Crippen molar-refractivity contribution in [1.82, 2.24) is 14.7 Å². The third-order valence-electron chi connectivity index (χ3n) is 5.06. The van der Waals surface area contributed by atoms with E-state index in [9.17, 15) is 13.2 Å². The molecule has 1 aromatic rings. The molecule has 0 spiro atoms. The maximum atomic E-state index is 13.2. The highest BCUT2D eigenvalue weighted by atomic mass is 35.5. The van der Waals surface area contributed by atoms with Gasteiger partial charge in [-0.05, 0) is 38.1 Å². The first kappa shape index (κ1) is 16.1. The summed E-state index contributed by atoms with van der Waals surface area (Å²) >= 11 is 6.08. The lowest BCUT2D eigenvalue weighted by molar-refractivity contribution is -0.142. The number of rotatable bonds is 3. The van der Waals surface area contributed by atoms with Crippen LogP contribution in [0, 0.1) is 5.92 Å². The van der Waals surface area contributed by atoms with E-state index in [1.54, 1.807) is 0 Å². The Bertz CT molecular complexity index is 535. The number of nitrogens with zero attached hydrogens (tertiary/aromatic N) is 3. The van der Waals surface area contributed by atoms with E-state index in [2.05, 4.69) is 10.00 Å². The molecule has 1 aliphatic carbocycles. The topological polar surface area (TPSA) is 21.1 Å². The number of hydrogen-bond donors (Lipinski definition) is 0. The fourth-order valence-corrected chi connectivity index (χ4v) is 4.23. The third-order valence-corrected chi connectivity index (χ3v) is 5.53. The van der Waals surface area contributed by atoms with E-state index in [4.69, 9.17) is 11.6 Å². The minimum Gasteiger partial charge on any atom is -0.296 e. The summed E-state index contributed by atoms with van der Waals surface area (Å²) in [6, 6.07) is 0.403. The lowest BCUT2D eigenvalue weighted by atomic mass is 9.96. The normalized spacial score (nSPS) is 24.5. The van der Waals surface area contributed by atoms with E-state index in [0.29, 0.717) is 12.0 Å². The molecule has 1 unspecified atom stereocenters. The summed E-state index contributed by atoms with van der Waals surface area (Å²) in [5.74, 6) is 0.632. The number of aryl methyl sites for hydroxylation is 1. The summed E-state index contributed by atoms with van der Waals surface area (Å²) in [5.41, 5.74) is -0.710. The van der Waals surface area contributed by atoms with Crippen molar-refractivity contribution in [2.45, 2.75) is 57.3 Å². The van der Waals surface area contributed by atoms with Crippen molar-refractivity contribution in [1.29, 1.82) is 0 Å². The third kappa shape index (κ3) is 3.00. The molecule has 2 fully saturated rings. The molecule has 3 nitrogen and oxygen atoms in total. The molecule has 0 bridgehead atoms. The first-order valence-electron chi connectivity index (χ1n) is 7.90. The molecule has 7 heteroatoms. The van der Waals surface area contributed by atoms with E-state index in [0.717, 1.165) is 24.1 Å². The largest absolute Gasteiger partial charge is 0.435 e. The second-order valence-electron chi connectivity index (χ2n) is 6.46. The molecule has 1 aliphatic heterocycles. The van der Waals surface area contributed by atoms with Gasteiger partial charge in [0, 0.05) is 25.2 Å². The van der Waals surface area contributed by atoms with Gasteiger partial charge in [-0.1, -0.05) is 24.4 Å². The zero-order chi connectivity index (χ0) is 15.9. The molecular formula is C15H21ClF3N3. The molecule has 0 N–H and O–H groups in total. The summed E-state index contributed by atoms with van der Waals surface area (Å²) in [4.78, 5) is 2.19. The van der Waals surface area contributed by atoms with Crippen LogP contribution < -0.4 is 0 Å². The van der Waals surface area contributed by atoms with E-state index in [1.807, 2.05) is 0 Å². The summed E-state index contributed by atoms with van der Waals surface area (Å²) in [6.07, 6.45) is 2.59. The highest BCUT2D eigenvalue weighted by molar-refractivity contribution is 6.30. The lowest BCUT2D eigenvalue weighted by Gasteiger charge is -2.29. The van der Waals surface area contributed by atoms with Crippen molar-refractivity contribution < 1.29 is 13.2 Å². The van der Waals surface area contributed by atoms with Crippen LogP contribution in [0.4, 0.5) is 13.2 Å². The van der Waals surface area contributed by atoms with Crippen LogP contribution >= 0.6 is 11.6 Å². The average Bonchev–Trinajstić information content (AvgIpc) is 3.14. The van der Waals surface area contributed by atoms with Crippen molar-refractivity contribution >= 4 is 11.6 Å². The van der Waals surface area contributed by atoms with Gasteiger partial charge < -0.3 is 0 Å². The summed E-state index contributed by atoms with van der Waals surface area (Å²) < 4.78 is 40.6. The molecule has 0 radical (unpaired) electrons. The Morgan fingerprint density at radius 1 is 1.18 bits per heavy atom. The Morgan fingerprint density at radius 3 is 2.50 bits per heavy atom. The first-order valence-corrected chi connectivity index (χ1v) is 8.28. The van der Waals surface area contributed by atoms with Crippen molar-refractivity contribution in [3.8, 4) is 0 Å². The van der Waals surface area contributed by atoms with Crippen LogP contribution in [0.3, 0.4) is 0 Å². The van der Waals surface area contributed by atoms with Crippen LogP contribution in [-0.2, 0) is 19.8 Å². The van der Waals surface area contributed by atoms with E-state index in [1.165, 1.54) is 32.7 Å². The summed E-state index contributed by atoms with van der Waals surface area (Å²) in [5, 5.41) is 3.68. The van der Waals surface area contributed by atoms with Gasteiger partial charge in [0.25, 0.3) is 0 Å². The van der Waals surface area contributed by atoms with Gasteiger partial charge in [-0.15, -0.1) is 0 Å². The SMILES string of the molecule is Cn1nc(C(F)(F)F)c(CN2CCCC2C2CCCC2)c1Cl. The fourth-order valence-electron chi connectivity index (χ4n) is 4.04. The molecule has 0 amide bonds. The van der Waals surface area contributed by atoms with Crippen LogP contribution in [0.1, 0.15) is 49.8 Å². The zero-order valence-corrected chi connectivity index (χ0v) is 13.4. The van der Waals surface area contributed by atoms with Crippen LogP contribution in [0.5, 0.6) is 0 Å². The Morgan fingerprint density at radius 2 is 1.86 bits per heavy atom. The van der Waals surface area contributed by atoms with Crippen molar-refractivity contribution in [3.05, 3.63) is 16.4 Å². The highest BCUT2D eigenvalue weighted by Crippen LogP contribution is 2.39. The Kier molecular flexibility index (Phi) is 4.42.